The normalized spacial score (nSPS) is 13.1. The van der Waals surface area contributed by atoms with E-state index < -0.39 is 6.36 Å². The van der Waals surface area contributed by atoms with Crippen molar-refractivity contribution >= 4 is 0 Å². The summed E-state index contributed by atoms with van der Waals surface area (Å²) < 4.78 is 42.1. The van der Waals surface area contributed by atoms with Crippen molar-refractivity contribution in [1.82, 2.24) is 9.55 Å². The van der Waals surface area contributed by atoms with Crippen LogP contribution >= 0.6 is 0 Å². The van der Waals surface area contributed by atoms with Crippen molar-refractivity contribution in [2.45, 2.75) is 25.2 Å². The molecule has 2 N–H and O–H groups in total. The van der Waals surface area contributed by atoms with E-state index in [0.29, 0.717) is 13.0 Å². The van der Waals surface area contributed by atoms with Crippen molar-refractivity contribution in [3.63, 3.8) is 0 Å². The van der Waals surface area contributed by atoms with Gasteiger partial charge in [0.25, 0.3) is 0 Å². The van der Waals surface area contributed by atoms with Crippen LogP contribution in [0.2, 0.25) is 0 Å². The van der Waals surface area contributed by atoms with Crippen LogP contribution in [0.15, 0.2) is 43.0 Å². The van der Waals surface area contributed by atoms with Gasteiger partial charge in [-0.2, -0.15) is 0 Å². The minimum atomic E-state index is -4.67. The SMILES string of the molecule is NCCC(Cc1ccc(OC(F)(F)F)cc1)n1ccnc1. The van der Waals surface area contributed by atoms with Gasteiger partial charge in [-0.15, -0.1) is 13.2 Å². The van der Waals surface area contributed by atoms with Gasteiger partial charge < -0.3 is 15.0 Å². The zero-order valence-electron chi connectivity index (χ0n) is 11.3. The first-order valence-electron chi connectivity index (χ1n) is 6.50. The Labute approximate surface area is 120 Å². The molecule has 1 heterocycles. The van der Waals surface area contributed by atoms with E-state index in [0.717, 1.165) is 12.0 Å². The van der Waals surface area contributed by atoms with Crippen molar-refractivity contribution in [2.75, 3.05) is 6.54 Å². The minimum absolute atomic E-state index is 0.131. The van der Waals surface area contributed by atoms with E-state index in [4.69, 9.17) is 5.73 Å². The Balaban J connectivity index is 2.04. The quantitative estimate of drug-likeness (QED) is 0.892. The number of nitrogens with two attached hydrogens (primary N) is 1. The predicted molar refractivity (Wildman–Crippen MR) is 71.8 cm³/mol. The molecule has 0 bridgehead atoms. The number of nitrogens with zero attached hydrogens (tertiary/aromatic N) is 2. The third-order valence-corrected chi connectivity index (χ3v) is 3.07. The number of rotatable bonds is 6. The number of imidazole rings is 1. The average molecular weight is 299 g/mol. The molecule has 0 radical (unpaired) electrons. The zero-order chi connectivity index (χ0) is 15.3. The van der Waals surface area contributed by atoms with E-state index in [1.54, 1.807) is 24.7 Å². The predicted octanol–water partition coefficient (Wildman–Crippen LogP) is 2.91. The summed E-state index contributed by atoms with van der Waals surface area (Å²) in [4.78, 5) is 4.00. The van der Waals surface area contributed by atoms with Gasteiger partial charge in [0, 0.05) is 18.4 Å². The molecule has 1 unspecified atom stereocenters. The molecule has 0 fully saturated rings. The maximum atomic E-state index is 12.1. The Kier molecular flexibility index (Phi) is 4.85. The maximum Gasteiger partial charge on any atom is 0.573 e. The summed E-state index contributed by atoms with van der Waals surface area (Å²) in [5.74, 6) is -0.218. The maximum absolute atomic E-state index is 12.1. The number of hydrogen-bond acceptors (Lipinski definition) is 3. The number of alkyl halides is 3. The van der Waals surface area contributed by atoms with Crippen LogP contribution in [0.25, 0.3) is 0 Å². The molecule has 0 saturated heterocycles. The van der Waals surface area contributed by atoms with Crippen molar-refractivity contribution in [2.24, 2.45) is 5.73 Å². The molecule has 2 rings (SSSR count). The molecule has 0 saturated carbocycles. The summed E-state index contributed by atoms with van der Waals surface area (Å²) in [7, 11) is 0. The first-order valence-corrected chi connectivity index (χ1v) is 6.50. The number of hydrogen-bond donors (Lipinski definition) is 1. The Morgan fingerprint density at radius 1 is 1.24 bits per heavy atom. The molecule has 0 aliphatic carbocycles. The summed E-state index contributed by atoms with van der Waals surface area (Å²) in [6.45, 7) is 0.526. The Morgan fingerprint density at radius 2 is 1.95 bits per heavy atom. The summed E-state index contributed by atoms with van der Waals surface area (Å²) in [5, 5.41) is 0. The lowest BCUT2D eigenvalue weighted by atomic mass is 10.0. The second-order valence-corrected chi connectivity index (χ2v) is 4.64. The second-order valence-electron chi connectivity index (χ2n) is 4.64. The number of benzene rings is 1. The molecule has 7 heteroatoms. The lowest BCUT2D eigenvalue weighted by Gasteiger charge is -2.18. The van der Waals surface area contributed by atoms with Crippen LogP contribution in [0.3, 0.4) is 0 Å². The van der Waals surface area contributed by atoms with Crippen molar-refractivity contribution in [3.8, 4) is 5.75 Å². The van der Waals surface area contributed by atoms with E-state index in [9.17, 15) is 13.2 Å². The summed E-state index contributed by atoms with van der Waals surface area (Å²) in [6.07, 6.45) is 2.00. The van der Waals surface area contributed by atoms with Crippen LogP contribution in [0, 0.1) is 0 Å². The number of aromatic nitrogens is 2. The van der Waals surface area contributed by atoms with Crippen molar-refractivity contribution < 1.29 is 17.9 Å². The lowest BCUT2D eigenvalue weighted by molar-refractivity contribution is -0.274. The van der Waals surface area contributed by atoms with Gasteiger partial charge in [0.15, 0.2) is 0 Å². The highest BCUT2D eigenvalue weighted by molar-refractivity contribution is 5.27. The second kappa shape index (κ2) is 6.62. The molecular formula is C14H16F3N3O. The average Bonchev–Trinajstić information content (AvgIpc) is 2.92. The third-order valence-electron chi connectivity index (χ3n) is 3.07. The Morgan fingerprint density at radius 3 is 2.48 bits per heavy atom. The monoisotopic (exact) mass is 299 g/mol. The largest absolute Gasteiger partial charge is 0.573 e. The molecular weight excluding hydrogens is 283 g/mol. The molecule has 2 aromatic rings. The smallest absolute Gasteiger partial charge is 0.406 e. The van der Waals surface area contributed by atoms with Gasteiger partial charge in [0.05, 0.1) is 6.33 Å². The molecule has 1 atom stereocenters. The van der Waals surface area contributed by atoms with Gasteiger partial charge in [-0.05, 0) is 37.1 Å². The first-order chi connectivity index (χ1) is 9.98. The number of ether oxygens (including phenoxy) is 1. The van der Waals surface area contributed by atoms with Crippen LogP contribution in [0.5, 0.6) is 5.75 Å². The first kappa shape index (κ1) is 15.4. The van der Waals surface area contributed by atoms with Crippen LogP contribution in [0.1, 0.15) is 18.0 Å². The zero-order valence-corrected chi connectivity index (χ0v) is 11.3. The highest BCUT2D eigenvalue weighted by atomic mass is 19.4. The highest BCUT2D eigenvalue weighted by Gasteiger charge is 2.30. The fourth-order valence-corrected chi connectivity index (χ4v) is 2.13. The number of halogens is 3. The van der Waals surface area contributed by atoms with E-state index >= 15 is 0 Å². The third kappa shape index (κ3) is 4.78. The molecule has 0 aliphatic rings. The van der Waals surface area contributed by atoms with Crippen molar-refractivity contribution in [1.29, 1.82) is 0 Å². The van der Waals surface area contributed by atoms with Crippen LogP contribution in [-0.4, -0.2) is 22.5 Å². The molecule has 4 nitrogen and oxygen atoms in total. The Bertz CT molecular complexity index is 538. The molecule has 0 spiro atoms. The van der Waals surface area contributed by atoms with E-state index in [1.807, 2.05) is 10.8 Å². The standard InChI is InChI=1S/C14H16F3N3O/c15-14(16,17)21-13-3-1-11(2-4-13)9-12(5-6-18)20-8-7-19-10-20/h1-4,7-8,10,12H,5-6,9,18H2. The van der Waals surface area contributed by atoms with Gasteiger partial charge in [-0.3, -0.25) is 0 Å². The van der Waals surface area contributed by atoms with Crippen LogP contribution in [-0.2, 0) is 6.42 Å². The molecule has 21 heavy (non-hydrogen) atoms. The van der Waals surface area contributed by atoms with E-state index in [1.165, 1.54) is 12.1 Å². The fourth-order valence-electron chi connectivity index (χ4n) is 2.13. The lowest BCUT2D eigenvalue weighted by Crippen LogP contribution is -2.17. The molecule has 1 aromatic heterocycles. The van der Waals surface area contributed by atoms with Crippen LogP contribution < -0.4 is 10.5 Å². The summed E-state index contributed by atoms with van der Waals surface area (Å²) in [5.41, 5.74) is 6.52. The van der Waals surface area contributed by atoms with E-state index in [-0.39, 0.29) is 11.8 Å². The summed E-state index contributed by atoms with van der Waals surface area (Å²) >= 11 is 0. The minimum Gasteiger partial charge on any atom is -0.406 e. The fraction of sp³-hybridized carbons (Fsp3) is 0.357. The van der Waals surface area contributed by atoms with Crippen molar-refractivity contribution in [3.05, 3.63) is 48.5 Å². The van der Waals surface area contributed by atoms with Gasteiger partial charge in [0.1, 0.15) is 5.75 Å². The van der Waals surface area contributed by atoms with Gasteiger partial charge in [-0.1, -0.05) is 12.1 Å². The Hall–Kier alpha value is -2.02. The van der Waals surface area contributed by atoms with Gasteiger partial charge in [-0.25, -0.2) is 4.98 Å². The summed E-state index contributed by atoms with van der Waals surface area (Å²) in [6, 6.07) is 6.02. The molecule has 0 amide bonds. The van der Waals surface area contributed by atoms with Crippen LogP contribution in [0.4, 0.5) is 13.2 Å². The molecule has 114 valence electrons. The van der Waals surface area contributed by atoms with Gasteiger partial charge >= 0.3 is 6.36 Å². The topological polar surface area (TPSA) is 53.1 Å². The molecule has 1 aromatic carbocycles. The van der Waals surface area contributed by atoms with Gasteiger partial charge in [0.2, 0.25) is 0 Å². The highest BCUT2D eigenvalue weighted by Crippen LogP contribution is 2.24. The van der Waals surface area contributed by atoms with E-state index in [2.05, 4.69) is 9.72 Å². The molecule has 0 aliphatic heterocycles.